The first-order valence-electron chi connectivity index (χ1n) is 5.60. The van der Waals surface area contributed by atoms with Crippen LogP contribution >= 0.6 is 0 Å². The number of nitrogens with zero attached hydrogens (tertiary/aromatic N) is 2. The molecule has 1 aromatic carbocycles. The van der Waals surface area contributed by atoms with E-state index >= 15 is 0 Å². The molecule has 0 bridgehead atoms. The minimum atomic E-state index is -0.841. The van der Waals surface area contributed by atoms with Crippen LogP contribution < -0.4 is 4.74 Å². The molecule has 4 nitrogen and oxygen atoms in total. The van der Waals surface area contributed by atoms with Gasteiger partial charge in [0.05, 0.1) is 7.11 Å². The topological polar surface area (TPSA) is 47.3 Å². The fourth-order valence-electron chi connectivity index (χ4n) is 1.87. The predicted octanol–water partition coefficient (Wildman–Crippen LogP) is 1.84. The summed E-state index contributed by atoms with van der Waals surface area (Å²) >= 11 is 0. The molecule has 96 valence electrons. The Hall–Kier alpha value is -1.88. The van der Waals surface area contributed by atoms with Crippen molar-refractivity contribution in [3.63, 3.8) is 0 Å². The number of aliphatic hydroxyl groups is 1. The van der Waals surface area contributed by atoms with Crippen molar-refractivity contribution in [2.24, 2.45) is 7.05 Å². The summed E-state index contributed by atoms with van der Waals surface area (Å²) in [5.74, 6) is 0.255. The van der Waals surface area contributed by atoms with Crippen LogP contribution in [0.2, 0.25) is 0 Å². The van der Waals surface area contributed by atoms with Gasteiger partial charge in [0.15, 0.2) is 11.6 Å². The Morgan fingerprint density at radius 1 is 1.50 bits per heavy atom. The van der Waals surface area contributed by atoms with Crippen LogP contribution in [0.15, 0.2) is 30.6 Å². The summed E-state index contributed by atoms with van der Waals surface area (Å²) in [5.41, 5.74) is 0.407. The molecule has 0 saturated heterocycles. The molecular weight excluding hydrogens is 235 g/mol. The summed E-state index contributed by atoms with van der Waals surface area (Å²) in [7, 11) is 3.20. The lowest BCUT2D eigenvalue weighted by molar-refractivity contribution is 0.163. The summed E-state index contributed by atoms with van der Waals surface area (Å²) < 4.78 is 20.5. The van der Waals surface area contributed by atoms with Crippen molar-refractivity contribution in [3.05, 3.63) is 47.8 Å². The first-order chi connectivity index (χ1) is 8.63. The van der Waals surface area contributed by atoms with E-state index in [4.69, 9.17) is 4.74 Å². The molecule has 1 unspecified atom stereocenters. The molecule has 0 amide bonds. The maximum Gasteiger partial charge on any atom is 0.168 e. The van der Waals surface area contributed by atoms with Gasteiger partial charge in [0.2, 0.25) is 0 Å². The monoisotopic (exact) mass is 250 g/mol. The van der Waals surface area contributed by atoms with Gasteiger partial charge < -0.3 is 14.4 Å². The summed E-state index contributed by atoms with van der Waals surface area (Å²) in [5, 5.41) is 10.0. The van der Waals surface area contributed by atoms with E-state index in [1.54, 1.807) is 42.2 Å². The van der Waals surface area contributed by atoms with Crippen molar-refractivity contribution in [1.29, 1.82) is 0 Å². The number of hydrogen-bond donors (Lipinski definition) is 1. The van der Waals surface area contributed by atoms with Crippen LogP contribution in [0.25, 0.3) is 0 Å². The molecule has 0 fully saturated rings. The first kappa shape index (κ1) is 12.6. The van der Waals surface area contributed by atoms with Crippen LogP contribution in [-0.4, -0.2) is 21.8 Å². The van der Waals surface area contributed by atoms with E-state index in [0.29, 0.717) is 11.4 Å². The van der Waals surface area contributed by atoms with Gasteiger partial charge in [-0.1, -0.05) is 12.1 Å². The largest absolute Gasteiger partial charge is 0.494 e. The third-order valence-corrected chi connectivity index (χ3v) is 2.83. The number of halogens is 1. The molecule has 1 N–H and O–H groups in total. The predicted molar refractivity (Wildman–Crippen MR) is 64.8 cm³/mol. The molecule has 1 aromatic heterocycles. The first-order valence-corrected chi connectivity index (χ1v) is 5.60. The Bertz CT molecular complexity index is 540. The second-order valence-electron chi connectivity index (χ2n) is 4.05. The molecule has 18 heavy (non-hydrogen) atoms. The van der Waals surface area contributed by atoms with Gasteiger partial charge in [-0.3, -0.25) is 0 Å². The second kappa shape index (κ2) is 5.18. The lowest BCUT2D eigenvalue weighted by Gasteiger charge is -2.12. The SMILES string of the molecule is COc1cccc(CC(O)c2nccn2C)c1F. The van der Waals surface area contributed by atoms with Crippen molar-refractivity contribution in [2.45, 2.75) is 12.5 Å². The number of imidazole rings is 1. The molecule has 0 spiro atoms. The summed E-state index contributed by atoms with van der Waals surface area (Å²) in [4.78, 5) is 4.04. The fourth-order valence-corrected chi connectivity index (χ4v) is 1.87. The smallest absolute Gasteiger partial charge is 0.168 e. The standard InChI is InChI=1S/C13H15FN2O2/c1-16-7-6-15-13(16)10(17)8-9-4-3-5-11(18-2)12(9)14/h3-7,10,17H,8H2,1-2H3. The number of hydrogen-bond acceptors (Lipinski definition) is 3. The zero-order valence-electron chi connectivity index (χ0n) is 10.3. The van der Waals surface area contributed by atoms with E-state index in [1.165, 1.54) is 7.11 Å². The van der Waals surface area contributed by atoms with E-state index in [1.807, 2.05) is 0 Å². The minimum Gasteiger partial charge on any atom is -0.494 e. The summed E-state index contributed by atoms with van der Waals surface area (Å²) in [6.45, 7) is 0. The fraction of sp³-hybridized carbons (Fsp3) is 0.308. The molecule has 2 rings (SSSR count). The maximum atomic E-state index is 13.9. The quantitative estimate of drug-likeness (QED) is 0.900. The lowest BCUT2D eigenvalue weighted by atomic mass is 10.1. The third-order valence-electron chi connectivity index (χ3n) is 2.83. The van der Waals surface area contributed by atoms with Gasteiger partial charge in [-0.2, -0.15) is 0 Å². The third kappa shape index (κ3) is 2.36. The van der Waals surface area contributed by atoms with E-state index in [9.17, 15) is 9.50 Å². The number of aryl methyl sites for hydroxylation is 1. The van der Waals surface area contributed by atoms with Crippen molar-refractivity contribution in [2.75, 3.05) is 7.11 Å². The van der Waals surface area contributed by atoms with Crippen molar-refractivity contribution < 1.29 is 14.2 Å². The molecule has 5 heteroatoms. The van der Waals surface area contributed by atoms with Crippen LogP contribution in [0.4, 0.5) is 4.39 Å². The molecule has 0 radical (unpaired) electrons. The van der Waals surface area contributed by atoms with Gasteiger partial charge in [-0.05, 0) is 11.6 Å². The average molecular weight is 250 g/mol. The van der Waals surface area contributed by atoms with Crippen LogP contribution in [0.5, 0.6) is 5.75 Å². The zero-order valence-corrected chi connectivity index (χ0v) is 10.3. The van der Waals surface area contributed by atoms with Gasteiger partial charge in [0.25, 0.3) is 0 Å². The Labute approximate surface area is 105 Å². The van der Waals surface area contributed by atoms with E-state index in [-0.39, 0.29) is 12.2 Å². The Morgan fingerprint density at radius 3 is 2.89 bits per heavy atom. The molecular formula is C13H15FN2O2. The summed E-state index contributed by atoms with van der Waals surface area (Å²) in [6.07, 6.45) is 2.65. The average Bonchev–Trinajstić information content (AvgIpc) is 2.78. The molecule has 2 aromatic rings. The van der Waals surface area contributed by atoms with Crippen LogP contribution in [0.1, 0.15) is 17.5 Å². The minimum absolute atomic E-state index is 0.161. The molecule has 0 aliphatic carbocycles. The highest BCUT2D eigenvalue weighted by Crippen LogP contribution is 2.24. The van der Waals surface area contributed by atoms with Gasteiger partial charge in [0.1, 0.15) is 11.9 Å². The number of aliphatic hydroxyl groups excluding tert-OH is 1. The van der Waals surface area contributed by atoms with Gasteiger partial charge in [-0.25, -0.2) is 9.37 Å². The van der Waals surface area contributed by atoms with E-state index in [2.05, 4.69) is 4.98 Å². The van der Waals surface area contributed by atoms with Crippen LogP contribution in [0, 0.1) is 5.82 Å². The maximum absolute atomic E-state index is 13.9. The zero-order chi connectivity index (χ0) is 13.1. The van der Waals surface area contributed by atoms with Crippen LogP contribution in [0.3, 0.4) is 0 Å². The molecule has 1 heterocycles. The van der Waals surface area contributed by atoms with Crippen molar-refractivity contribution in [3.8, 4) is 5.75 Å². The number of benzene rings is 1. The highest BCUT2D eigenvalue weighted by Gasteiger charge is 2.17. The molecule has 1 atom stereocenters. The highest BCUT2D eigenvalue weighted by atomic mass is 19.1. The molecule has 0 aliphatic rings. The van der Waals surface area contributed by atoms with Crippen molar-refractivity contribution in [1.82, 2.24) is 9.55 Å². The normalized spacial score (nSPS) is 12.4. The van der Waals surface area contributed by atoms with Gasteiger partial charge >= 0.3 is 0 Å². The van der Waals surface area contributed by atoms with E-state index in [0.717, 1.165) is 0 Å². The number of ether oxygens (including phenoxy) is 1. The van der Waals surface area contributed by atoms with Crippen LogP contribution in [-0.2, 0) is 13.5 Å². The van der Waals surface area contributed by atoms with Gasteiger partial charge in [0, 0.05) is 25.9 Å². The second-order valence-corrected chi connectivity index (χ2v) is 4.05. The van der Waals surface area contributed by atoms with Gasteiger partial charge in [-0.15, -0.1) is 0 Å². The lowest BCUT2D eigenvalue weighted by Crippen LogP contribution is -2.09. The Balaban J connectivity index is 2.22. The van der Waals surface area contributed by atoms with Crippen molar-refractivity contribution >= 4 is 0 Å². The molecule has 0 saturated carbocycles. The Kier molecular flexibility index (Phi) is 3.62. The molecule has 0 aliphatic heterocycles. The number of aromatic nitrogens is 2. The Morgan fingerprint density at radius 2 is 2.28 bits per heavy atom. The number of methoxy groups -OCH3 is 1. The highest BCUT2D eigenvalue weighted by molar-refractivity contribution is 5.31. The van der Waals surface area contributed by atoms with E-state index < -0.39 is 11.9 Å². The summed E-state index contributed by atoms with van der Waals surface area (Å²) in [6, 6.07) is 4.87. The number of rotatable bonds is 4.